The van der Waals surface area contributed by atoms with E-state index < -0.39 is 16.1 Å². The van der Waals surface area contributed by atoms with E-state index in [1.165, 1.54) is 4.31 Å². The topological polar surface area (TPSA) is 96.0 Å². The van der Waals surface area contributed by atoms with Crippen molar-refractivity contribution in [3.8, 4) is 5.75 Å². The Labute approximate surface area is 231 Å². The highest BCUT2D eigenvalue weighted by atomic mass is 35.5. The molecule has 2 aromatic carbocycles. The lowest BCUT2D eigenvalue weighted by molar-refractivity contribution is -0.141. The molecule has 1 unspecified atom stereocenters. The van der Waals surface area contributed by atoms with Crippen LogP contribution in [-0.2, 0) is 26.2 Å². The second-order valence-electron chi connectivity index (χ2n) is 9.70. The highest BCUT2D eigenvalue weighted by molar-refractivity contribution is 7.92. The normalized spacial score (nSPS) is 14.6. The monoisotopic (exact) mass is 563 g/mol. The van der Waals surface area contributed by atoms with Crippen LogP contribution in [0.2, 0.25) is 5.02 Å². The third kappa shape index (κ3) is 8.36. The highest BCUT2D eigenvalue weighted by Gasteiger charge is 2.30. The van der Waals surface area contributed by atoms with Gasteiger partial charge in [-0.25, -0.2) is 8.42 Å². The molecule has 3 rings (SSSR count). The molecule has 1 fully saturated rings. The number of rotatable bonds is 13. The Bertz CT molecular complexity index is 1170. The minimum Gasteiger partial charge on any atom is -0.497 e. The molecule has 2 amide bonds. The van der Waals surface area contributed by atoms with E-state index >= 15 is 0 Å². The number of halogens is 1. The predicted molar refractivity (Wildman–Crippen MR) is 151 cm³/mol. The highest BCUT2D eigenvalue weighted by Crippen LogP contribution is 2.23. The molecule has 2 aromatic rings. The van der Waals surface area contributed by atoms with Crippen LogP contribution in [0.15, 0.2) is 48.5 Å². The molecule has 0 aliphatic heterocycles. The van der Waals surface area contributed by atoms with Crippen LogP contribution in [0.3, 0.4) is 0 Å². The summed E-state index contributed by atoms with van der Waals surface area (Å²) in [6, 6.07) is 13.5. The number of amides is 2. The number of carbonyl (C=O) groups is 2. The molecule has 1 atom stereocenters. The van der Waals surface area contributed by atoms with E-state index in [9.17, 15) is 18.0 Å². The molecular formula is C28H38ClN3O5S. The van der Waals surface area contributed by atoms with E-state index in [0.29, 0.717) is 29.3 Å². The fourth-order valence-electron chi connectivity index (χ4n) is 4.83. The first-order valence-electron chi connectivity index (χ1n) is 13.1. The van der Waals surface area contributed by atoms with Crippen LogP contribution in [0.4, 0.5) is 5.69 Å². The Kier molecular flexibility index (Phi) is 10.8. The van der Waals surface area contributed by atoms with E-state index in [1.54, 1.807) is 36.3 Å². The first-order valence-corrected chi connectivity index (χ1v) is 15.3. The lowest BCUT2D eigenvalue weighted by Gasteiger charge is -2.32. The van der Waals surface area contributed by atoms with Gasteiger partial charge in [-0.05, 0) is 67.6 Å². The van der Waals surface area contributed by atoms with Crippen molar-refractivity contribution in [3.05, 3.63) is 59.1 Å². The van der Waals surface area contributed by atoms with E-state index in [4.69, 9.17) is 16.3 Å². The van der Waals surface area contributed by atoms with Crippen molar-refractivity contribution in [1.82, 2.24) is 10.2 Å². The average Bonchev–Trinajstić information content (AvgIpc) is 3.40. The molecule has 8 nitrogen and oxygen atoms in total. The van der Waals surface area contributed by atoms with Gasteiger partial charge in [-0.1, -0.05) is 43.5 Å². The van der Waals surface area contributed by atoms with E-state index in [1.807, 2.05) is 31.2 Å². The summed E-state index contributed by atoms with van der Waals surface area (Å²) in [5.41, 5.74) is 1.37. The standard InChI is InChI=1S/C28H38ClN3O5S/c1-4-26(28(34)30-23-8-5-6-9-23)31(20-21-11-17-25(37-2)18-12-21)27(33)10-7-19-32(38(3,35)36)24-15-13-22(29)14-16-24/h11-18,23,26H,4-10,19-20H2,1-3H3,(H,30,34). The van der Waals surface area contributed by atoms with Crippen LogP contribution < -0.4 is 14.4 Å². The molecule has 1 aliphatic carbocycles. The van der Waals surface area contributed by atoms with Crippen molar-refractivity contribution in [2.45, 2.75) is 70.5 Å². The van der Waals surface area contributed by atoms with Gasteiger partial charge in [0.15, 0.2) is 0 Å². The van der Waals surface area contributed by atoms with Crippen molar-refractivity contribution < 1.29 is 22.7 Å². The molecule has 1 N–H and O–H groups in total. The van der Waals surface area contributed by atoms with Gasteiger partial charge < -0.3 is 15.0 Å². The molecule has 1 aliphatic rings. The summed E-state index contributed by atoms with van der Waals surface area (Å²) in [7, 11) is -1.97. The second-order valence-corrected chi connectivity index (χ2v) is 12.0. The van der Waals surface area contributed by atoms with Gasteiger partial charge in [0.05, 0.1) is 19.1 Å². The van der Waals surface area contributed by atoms with E-state index in [2.05, 4.69) is 5.32 Å². The summed E-state index contributed by atoms with van der Waals surface area (Å²) in [6.45, 7) is 2.30. The summed E-state index contributed by atoms with van der Waals surface area (Å²) in [5.74, 6) is 0.375. The minimum absolute atomic E-state index is 0.100. The number of hydrogen-bond acceptors (Lipinski definition) is 5. The zero-order valence-electron chi connectivity index (χ0n) is 22.4. The van der Waals surface area contributed by atoms with Gasteiger partial charge in [0.2, 0.25) is 21.8 Å². The van der Waals surface area contributed by atoms with Crippen molar-refractivity contribution in [3.63, 3.8) is 0 Å². The summed E-state index contributed by atoms with van der Waals surface area (Å²) >= 11 is 5.96. The van der Waals surface area contributed by atoms with Crippen LogP contribution in [0.1, 0.15) is 57.4 Å². The molecule has 0 spiro atoms. The second kappa shape index (κ2) is 13.8. The molecule has 1 saturated carbocycles. The van der Waals surface area contributed by atoms with Gasteiger partial charge in [-0.2, -0.15) is 0 Å². The van der Waals surface area contributed by atoms with Crippen LogP contribution in [-0.4, -0.2) is 57.1 Å². The maximum absolute atomic E-state index is 13.6. The van der Waals surface area contributed by atoms with Gasteiger partial charge in [0.25, 0.3) is 0 Å². The third-order valence-corrected chi connectivity index (χ3v) is 8.31. The molecule has 38 heavy (non-hydrogen) atoms. The summed E-state index contributed by atoms with van der Waals surface area (Å²) in [4.78, 5) is 28.5. The SMILES string of the molecule is CCC(C(=O)NC1CCCC1)N(Cc1ccc(OC)cc1)C(=O)CCCN(c1ccc(Cl)cc1)S(C)(=O)=O. The number of nitrogens with zero attached hydrogens (tertiary/aromatic N) is 2. The first kappa shape index (κ1) is 29.8. The van der Waals surface area contributed by atoms with Crippen LogP contribution >= 0.6 is 11.6 Å². The molecule has 10 heteroatoms. The summed E-state index contributed by atoms with van der Waals surface area (Å²) in [6.07, 6.45) is 6.13. The largest absolute Gasteiger partial charge is 0.497 e. The predicted octanol–water partition coefficient (Wildman–Crippen LogP) is 4.76. The number of methoxy groups -OCH3 is 1. The van der Waals surface area contributed by atoms with Crippen LogP contribution in [0, 0.1) is 0 Å². The van der Waals surface area contributed by atoms with Gasteiger partial charge in [-0.3, -0.25) is 13.9 Å². The Morgan fingerprint density at radius 3 is 2.26 bits per heavy atom. The van der Waals surface area contributed by atoms with Crippen molar-refractivity contribution >= 4 is 39.1 Å². The van der Waals surface area contributed by atoms with Gasteiger partial charge in [-0.15, -0.1) is 0 Å². The van der Waals surface area contributed by atoms with Crippen molar-refractivity contribution in [2.75, 3.05) is 24.2 Å². The lowest BCUT2D eigenvalue weighted by atomic mass is 10.1. The third-order valence-electron chi connectivity index (χ3n) is 6.87. The fraction of sp³-hybridized carbons (Fsp3) is 0.500. The average molecular weight is 564 g/mol. The summed E-state index contributed by atoms with van der Waals surface area (Å²) in [5, 5.41) is 3.65. The lowest BCUT2D eigenvalue weighted by Crippen LogP contribution is -2.51. The minimum atomic E-state index is -3.56. The van der Waals surface area contributed by atoms with E-state index in [0.717, 1.165) is 37.5 Å². The first-order chi connectivity index (χ1) is 18.1. The van der Waals surface area contributed by atoms with E-state index in [-0.39, 0.29) is 37.4 Å². The van der Waals surface area contributed by atoms with Gasteiger partial charge >= 0.3 is 0 Å². The Morgan fingerprint density at radius 1 is 1.08 bits per heavy atom. The molecule has 0 radical (unpaired) electrons. The number of ether oxygens (including phenoxy) is 1. The van der Waals surface area contributed by atoms with Crippen LogP contribution in [0.25, 0.3) is 0 Å². The molecule has 0 aromatic heterocycles. The maximum atomic E-state index is 13.6. The van der Waals surface area contributed by atoms with Crippen molar-refractivity contribution in [2.24, 2.45) is 0 Å². The number of sulfonamides is 1. The number of hydrogen-bond donors (Lipinski definition) is 1. The molecular weight excluding hydrogens is 526 g/mol. The van der Waals surface area contributed by atoms with Crippen LogP contribution in [0.5, 0.6) is 5.75 Å². The van der Waals surface area contributed by atoms with Crippen molar-refractivity contribution in [1.29, 1.82) is 0 Å². The number of carbonyl (C=O) groups excluding carboxylic acids is 2. The maximum Gasteiger partial charge on any atom is 0.243 e. The summed E-state index contributed by atoms with van der Waals surface area (Å²) < 4.78 is 31.4. The number of benzene rings is 2. The molecule has 0 heterocycles. The molecule has 208 valence electrons. The number of nitrogens with one attached hydrogen (secondary N) is 1. The Morgan fingerprint density at radius 2 is 1.71 bits per heavy atom. The molecule has 0 bridgehead atoms. The Hall–Kier alpha value is -2.78. The zero-order chi connectivity index (χ0) is 27.7. The van der Waals surface area contributed by atoms with Gasteiger partial charge in [0.1, 0.15) is 11.8 Å². The number of anilines is 1. The smallest absolute Gasteiger partial charge is 0.243 e. The fourth-order valence-corrected chi connectivity index (χ4v) is 5.92. The Balaban J connectivity index is 1.75. The molecule has 0 saturated heterocycles. The zero-order valence-corrected chi connectivity index (χ0v) is 23.9. The quantitative estimate of drug-likeness (QED) is 0.379. The van der Waals surface area contributed by atoms with Gasteiger partial charge in [0, 0.05) is 30.6 Å².